The number of carbonyl (C=O) groups excluding carboxylic acids is 1. The van der Waals surface area contributed by atoms with E-state index in [-0.39, 0.29) is 17.2 Å². The lowest BCUT2D eigenvalue weighted by atomic mass is 10.1. The zero-order valence-corrected chi connectivity index (χ0v) is 9.72. The van der Waals surface area contributed by atoms with E-state index < -0.39 is 5.82 Å². The maximum absolute atomic E-state index is 12.8. The number of phenols is 1. The molecular weight excluding hydrogens is 237 g/mol. The molecule has 0 aliphatic heterocycles. The molecule has 1 aromatic heterocycles. The number of H-pyrrole nitrogens is 1. The van der Waals surface area contributed by atoms with Crippen molar-refractivity contribution in [3.05, 3.63) is 47.5 Å². The van der Waals surface area contributed by atoms with Crippen LogP contribution in [-0.2, 0) is 6.54 Å². The number of nitrogens with zero attached hydrogens (tertiary/aromatic N) is 2. The third-order valence-electron chi connectivity index (χ3n) is 2.51. The van der Waals surface area contributed by atoms with E-state index in [9.17, 15) is 14.3 Å². The predicted molar refractivity (Wildman–Crippen MR) is 62.5 cm³/mol. The SMILES string of the molecule is CN(Cc1cn[nH]c1)C(=O)c1ccc(F)cc1O. The van der Waals surface area contributed by atoms with Crippen molar-refractivity contribution >= 4 is 5.91 Å². The number of rotatable bonds is 3. The Hall–Kier alpha value is -2.37. The zero-order chi connectivity index (χ0) is 13.1. The summed E-state index contributed by atoms with van der Waals surface area (Å²) in [5, 5.41) is 16.0. The molecule has 6 heteroatoms. The number of aromatic nitrogens is 2. The normalized spacial score (nSPS) is 10.3. The van der Waals surface area contributed by atoms with Crippen LogP contribution in [0.25, 0.3) is 0 Å². The van der Waals surface area contributed by atoms with Gasteiger partial charge in [-0.05, 0) is 12.1 Å². The molecule has 2 aromatic rings. The van der Waals surface area contributed by atoms with Gasteiger partial charge in [0.25, 0.3) is 5.91 Å². The van der Waals surface area contributed by atoms with Gasteiger partial charge in [-0.25, -0.2) is 4.39 Å². The smallest absolute Gasteiger partial charge is 0.257 e. The monoisotopic (exact) mass is 249 g/mol. The molecule has 0 spiro atoms. The van der Waals surface area contributed by atoms with E-state index in [4.69, 9.17) is 0 Å². The average molecular weight is 249 g/mol. The van der Waals surface area contributed by atoms with Gasteiger partial charge in [0, 0.05) is 31.4 Å². The summed E-state index contributed by atoms with van der Waals surface area (Å²) in [6.45, 7) is 0.353. The minimum atomic E-state index is -0.582. The van der Waals surface area contributed by atoms with Gasteiger partial charge in [0.2, 0.25) is 0 Å². The van der Waals surface area contributed by atoms with Crippen molar-refractivity contribution < 1.29 is 14.3 Å². The van der Waals surface area contributed by atoms with Crippen molar-refractivity contribution in [3.63, 3.8) is 0 Å². The van der Waals surface area contributed by atoms with E-state index in [1.165, 1.54) is 11.0 Å². The van der Waals surface area contributed by atoms with E-state index in [0.29, 0.717) is 6.54 Å². The Morgan fingerprint density at radius 2 is 2.33 bits per heavy atom. The van der Waals surface area contributed by atoms with Crippen LogP contribution >= 0.6 is 0 Å². The highest BCUT2D eigenvalue weighted by Gasteiger charge is 2.16. The maximum Gasteiger partial charge on any atom is 0.257 e. The zero-order valence-electron chi connectivity index (χ0n) is 9.72. The summed E-state index contributed by atoms with van der Waals surface area (Å²) in [7, 11) is 1.60. The number of hydrogen-bond acceptors (Lipinski definition) is 3. The van der Waals surface area contributed by atoms with Crippen molar-refractivity contribution in [2.75, 3.05) is 7.05 Å². The second kappa shape index (κ2) is 4.87. The molecular formula is C12H12FN3O2. The van der Waals surface area contributed by atoms with Gasteiger partial charge in [0.1, 0.15) is 11.6 Å². The molecule has 0 atom stereocenters. The van der Waals surface area contributed by atoms with Crippen molar-refractivity contribution in [2.45, 2.75) is 6.54 Å². The highest BCUT2D eigenvalue weighted by Crippen LogP contribution is 2.20. The Balaban J connectivity index is 2.15. The molecule has 2 N–H and O–H groups in total. The van der Waals surface area contributed by atoms with Crippen LogP contribution in [0.1, 0.15) is 15.9 Å². The van der Waals surface area contributed by atoms with Crippen molar-refractivity contribution in [3.8, 4) is 5.75 Å². The van der Waals surface area contributed by atoms with Gasteiger partial charge in [0.05, 0.1) is 11.8 Å². The molecule has 18 heavy (non-hydrogen) atoms. The molecule has 0 aliphatic carbocycles. The summed E-state index contributed by atoms with van der Waals surface area (Å²) >= 11 is 0. The van der Waals surface area contributed by atoms with Gasteiger partial charge in [-0.15, -0.1) is 0 Å². The van der Waals surface area contributed by atoms with E-state index in [0.717, 1.165) is 17.7 Å². The Morgan fingerprint density at radius 1 is 1.56 bits per heavy atom. The molecule has 1 heterocycles. The fourth-order valence-corrected chi connectivity index (χ4v) is 1.60. The molecule has 5 nitrogen and oxygen atoms in total. The summed E-state index contributed by atoms with van der Waals surface area (Å²) < 4.78 is 12.8. The standard InChI is InChI=1S/C12H12FN3O2/c1-16(7-8-5-14-15-6-8)12(18)10-3-2-9(13)4-11(10)17/h2-6,17H,7H2,1H3,(H,14,15). The molecule has 0 saturated carbocycles. The van der Waals surface area contributed by atoms with Crippen LogP contribution in [0.2, 0.25) is 0 Å². The fourth-order valence-electron chi connectivity index (χ4n) is 1.60. The molecule has 1 amide bonds. The largest absolute Gasteiger partial charge is 0.507 e. The van der Waals surface area contributed by atoms with Gasteiger partial charge >= 0.3 is 0 Å². The number of aromatic hydroxyl groups is 1. The van der Waals surface area contributed by atoms with Gasteiger partial charge in [0.15, 0.2) is 0 Å². The first-order chi connectivity index (χ1) is 8.58. The van der Waals surface area contributed by atoms with E-state index in [2.05, 4.69) is 10.2 Å². The second-order valence-corrected chi connectivity index (χ2v) is 3.93. The topological polar surface area (TPSA) is 69.2 Å². The van der Waals surface area contributed by atoms with Crippen molar-refractivity contribution in [1.29, 1.82) is 0 Å². The predicted octanol–water partition coefficient (Wildman–Crippen LogP) is 1.53. The van der Waals surface area contributed by atoms with Crippen molar-refractivity contribution in [1.82, 2.24) is 15.1 Å². The number of amides is 1. The quantitative estimate of drug-likeness (QED) is 0.866. The third kappa shape index (κ3) is 2.48. The van der Waals surface area contributed by atoms with Gasteiger partial charge in [-0.1, -0.05) is 0 Å². The van der Waals surface area contributed by atoms with Crippen LogP contribution in [0.4, 0.5) is 4.39 Å². The third-order valence-corrected chi connectivity index (χ3v) is 2.51. The van der Waals surface area contributed by atoms with Crippen LogP contribution in [-0.4, -0.2) is 33.2 Å². The highest BCUT2D eigenvalue weighted by atomic mass is 19.1. The van der Waals surface area contributed by atoms with E-state index >= 15 is 0 Å². The number of phenolic OH excluding ortho intramolecular Hbond substituents is 1. The summed E-state index contributed by atoms with van der Waals surface area (Å²) in [5.74, 6) is -1.32. The average Bonchev–Trinajstić information content (AvgIpc) is 2.81. The molecule has 94 valence electrons. The van der Waals surface area contributed by atoms with Crippen molar-refractivity contribution in [2.24, 2.45) is 0 Å². The Bertz CT molecular complexity index is 554. The molecule has 2 rings (SSSR count). The lowest BCUT2D eigenvalue weighted by molar-refractivity contribution is 0.0782. The molecule has 0 saturated heterocycles. The van der Waals surface area contributed by atoms with Gasteiger partial charge < -0.3 is 10.0 Å². The molecule has 0 unspecified atom stereocenters. The van der Waals surface area contributed by atoms with Gasteiger partial charge in [-0.3, -0.25) is 9.89 Å². The summed E-state index contributed by atoms with van der Waals surface area (Å²) in [6.07, 6.45) is 3.28. The fraction of sp³-hybridized carbons (Fsp3) is 0.167. The first kappa shape index (κ1) is 12.1. The number of halogens is 1. The molecule has 0 radical (unpaired) electrons. The summed E-state index contributed by atoms with van der Waals surface area (Å²) in [4.78, 5) is 13.4. The minimum absolute atomic E-state index is 0.0717. The van der Waals surface area contributed by atoms with Crippen LogP contribution in [0.5, 0.6) is 5.75 Å². The molecule has 0 aliphatic rings. The summed E-state index contributed by atoms with van der Waals surface area (Å²) in [6, 6.07) is 3.32. The van der Waals surface area contributed by atoms with E-state index in [1.807, 2.05) is 0 Å². The number of aromatic amines is 1. The number of carbonyl (C=O) groups is 1. The Morgan fingerprint density at radius 3 is 2.94 bits per heavy atom. The van der Waals surface area contributed by atoms with Gasteiger partial charge in [-0.2, -0.15) is 5.10 Å². The Kier molecular flexibility index (Phi) is 3.27. The minimum Gasteiger partial charge on any atom is -0.507 e. The lowest BCUT2D eigenvalue weighted by Crippen LogP contribution is -2.26. The Labute approximate surface area is 103 Å². The molecule has 1 aromatic carbocycles. The van der Waals surface area contributed by atoms with E-state index in [1.54, 1.807) is 19.4 Å². The molecule has 0 fully saturated rings. The summed E-state index contributed by atoms with van der Waals surface area (Å²) in [5.41, 5.74) is 0.912. The first-order valence-electron chi connectivity index (χ1n) is 5.29. The number of benzene rings is 1. The highest BCUT2D eigenvalue weighted by molar-refractivity contribution is 5.96. The second-order valence-electron chi connectivity index (χ2n) is 3.93. The number of hydrogen-bond donors (Lipinski definition) is 2. The van der Waals surface area contributed by atoms with Crippen LogP contribution in [0, 0.1) is 5.82 Å². The maximum atomic E-state index is 12.8. The molecule has 0 bridgehead atoms. The lowest BCUT2D eigenvalue weighted by Gasteiger charge is -2.16. The van der Waals surface area contributed by atoms with Crippen LogP contribution in [0.15, 0.2) is 30.6 Å². The van der Waals surface area contributed by atoms with Crippen LogP contribution in [0.3, 0.4) is 0 Å². The number of nitrogens with one attached hydrogen (secondary N) is 1. The first-order valence-corrected chi connectivity index (χ1v) is 5.29. The van der Waals surface area contributed by atoms with Crippen LogP contribution < -0.4 is 0 Å².